The zero-order valence-electron chi connectivity index (χ0n) is 11.0. The van der Waals surface area contributed by atoms with E-state index in [1.807, 2.05) is 41.0 Å². The van der Waals surface area contributed by atoms with Gasteiger partial charge in [-0.25, -0.2) is 4.98 Å². The largest absolute Gasteiger partial charge is 0.382 e. The van der Waals surface area contributed by atoms with Gasteiger partial charge in [0.25, 0.3) is 0 Å². The minimum Gasteiger partial charge on any atom is -0.382 e. The molecule has 6 heteroatoms. The van der Waals surface area contributed by atoms with Gasteiger partial charge in [0, 0.05) is 38.7 Å². The summed E-state index contributed by atoms with van der Waals surface area (Å²) in [4.78, 5) is 6.57. The van der Waals surface area contributed by atoms with Crippen LogP contribution < -0.4 is 5.73 Å². The molecule has 0 amide bonds. The van der Waals surface area contributed by atoms with Gasteiger partial charge < -0.3 is 10.3 Å². The van der Waals surface area contributed by atoms with Gasteiger partial charge in [0.1, 0.15) is 11.6 Å². The highest BCUT2D eigenvalue weighted by Crippen LogP contribution is 2.02. The van der Waals surface area contributed by atoms with Crippen molar-refractivity contribution in [2.45, 2.75) is 19.5 Å². The molecule has 18 heavy (non-hydrogen) atoms. The highest BCUT2D eigenvalue weighted by atomic mass is 15.3. The molecule has 0 aliphatic carbocycles. The Labute approximate surface area is 107 Å². The summed E-state index contributed by atoms with van der Waals surface area (Å²) in [5, 5.41) is 4.16. The van der Waals surface area contributed by atoms with E-state index in [0.717, 1.165) is 31.9 Å². The summed E-state index contributed by atoms with van der Waals surface area (Å²) < 4.78 is 3.93. The van der Waals surface area contributed by atoms with Gasteiger partial charge in [0.05, 0.1) is 6.54 Å². The first-order chi connectivity index (χ1) is 8.65. The first kappa shape index (κ1) is 12.6. The van der Waals surface area contributed by atoms with Crippen LogP contribution in [0.15, 0.2) is 24.7 Å². The van der Waals surface area contributed by atoms with Crippen molar-refractivity contribution in [2.24, 2.45) is 7.05 Å². The minimum atomic E-state index is 0.580. The molecular formula is C12H20N6. The molecule has 6 nitrogen and oxygen atoms in total. The van der Waals surface area contributed by atoms with E-state index in [2.05, 4.69) is 22.0 Å². The number of imidazole rings is 1. The van der Waals surface area contributed by atoms with E-state index < -0.39 is 0 Å². The topological polar surface area (TPSA) is 64.9 Å². The normalized spacial score (nSPS) is 11.3. The monoisotopic (exact) mass is 248 g/mol. The second-order valence-corrected chi connectivity index (χ2v) is 4.55. The summed E-state index contributed by atoms with van der Waals surface area (Å²) in [5.74, 6) is 1.66. The fraction of sp³-hybridized carbons (Fsp3) is 0.500. The maximum atomic E-state index is 5.56. The number of hydrogen-bond donors (Lipinski definition) is 1. The van der Waals surface area contributed by atoms with Crippen LogP contribution in [0.1, 0.15) is 12.2 Å². The third kappa shape index (κ3) is 3.33. The standard InChI is InChI=1S/C12H20N6/c1-16(10-12-14-5-9-17(12)2)6-3-7-18-8-4-11(13)15-18/h4-5,8-9H,3,6-7,10H2,1-2H3,(H2,13,15). The Hall–Kier alpha value is -1.82. The van der Waals surface area contributed by atoms with Gasteiger partial charge in [-0.1, -0.05) is 0 Å². The van der Waals surface area contributed by atoms with Crippen LogP contribution in [0.25, 0.3) is 0 Å². The van der Waals surface area contributed by atoms with Crippen molar-refractivity contribution < 1.29 is 0 Å². The van der Waals surface area contributed by atoms with Gasteiger partial charge in [-0.15, -0.1) is 0 Å². The molecule has 0 spiro atoms. The lowest BCUT2D eigenvalue weighted by molar-refractivity contribution is 0.301. The van der Waals surface area contributed by atoms with Crippen LogP contribution in [0.4, 0.5) is 5.82 Å². The molecule has 0 fully saturated rings. The second kappa shape index (κ2) is 5.68. The first-order valence-corrected chi connectivity index (χ1v) is 6.09. The van der Waals surface area contributed by atoms with E-state index in [4.69, 9.17) is 5.73 Å². The molecular weight excluding hydrogens is 228 g/mol. The summed E-state index contributed by atoms with van der Waals surface area (Å²) in [6, 6.07) is 1.82. The van der Waals surface area contributed by atoms with Crippen molar-refractivity contribution in [3.63, 3.8) is 0 Å². The molecule has 0 atom stereocenters. The van der Waals surface area contributed by atoms with Crippen LogP contribution in [-0.4, -0.2) is 37.8 Å². The molecule has 0 unspecified atom stereocenters. The molecule has 0 saturated carbocycles. The van der Waals surface area contributed by atoms with Crippen LogP contribution in [0.3, 0.4) is 0 Å². The van der Waals surface area contributed by atoms with Crippen molar-refractivity contribution >= 4 is 5.82 Å². The molecule has 2 aromatic rings. The number of anilines is 1. The van der Waals surface area contributed by atoms with Crippen LogP contribution in [-0.2, 0) is 20.1 Å². The Bertz CT molecular complexity index is 486. The second-order valence-electron chi connectivity index (χ2n) is 4.55. The quantitative estimate of drug-likeness (QED) is 0.818. The lowest BCUT2D eigenvalue weighted by atomic mass is 10.4. The Balaban J connectivity index is 1.72. The third-order valence-electron chi connectivity index (χ3n) is 2.92. The molecule has 98 valence electrons. The van der Waals surface area contributed by atoms with Crippen LogP contribution >= 0.6 is 0 Å². The molecule has 0 aliphatic heterocycles. The van der Waals surface area contributed by atoms with Crippen molar-refractivity contribution in [3.05, 3.63) is 30.5 Å². The van der Waals surface area contributed by atoms with Gasteiger partial charge in [0.2, 0.25) is 0 Å². The van der Waals surface area contributed by atoms with Crippen LogP contribution in [0, 0.1) is 0 Å². The van der Waals surface area contributed by atoms with Crippen molar-refractivity contribution in [2.75, 3.05) is 19.3 Å². The van der Waals surface area contributed by atoms with Crippen LogP contribution in [0.2, 0.25) is 0 Å². The molecule has 2 aromatic heterocycles. The third-order valence-corrected chi connectivity index (χ3v) is 2.92. The number of aromatic nitrogens is 4. The average Bonchev–Trinajstić information content (AvgIpc) is 2.89. The summed E-state index contributed by atoms with van der Waals surface area (Å²) in [6.07, 6.45) is 6.75. The minimum absolute atomic E-state index is 0.580. The lowest BCUT2D eigenvalue weighted by Gasteiger charge is -2.16. The summed E-state index contributed by atoms with van der Waals surface area (Å²) in [7, 11) is 4.12. The van der Waals surface area contributed by atoms with Crippen molar-refractivity contribution in [1.82, 2.24) is 24.2 Å². The summed E-state index contributed by atoms with van der Waals surface area (Å²) in [6.45, 7) is 2.76. The summed E-state index contributed by atoms with van der Waals surface area (Å²) in [5.41, 5.74) is 5.56. The molecule has 0 bridgehead atoms. The van der Waals surface area contributed by atoms with Gasteiger partial charge in [0.15, 0.2) is 0 Å². The maximum Gasteiger partial charge on any atom is 0.145 e. The lowest BCUT2D eigenvalue weighted by Crippen LogP contribution is -2.22. The van der Waals surface area contributed by atoms with E-state index in [0.29, 0.717) is 5.82 Å². The molecule has 0 aliphatic rings. The van der Waals surface area contributed by atoms with E-state index >= 15 is 0 Å². The predicted octanol–water partition coefficient (Wildman–Crippen LogP) is 0.721. The number of rotatable bonds is 6. The number of hydrogen-bond acceptors (Lipinski definition) is 4. The number of nitrogens with two attached hydrogens (primary N) is 1. The maximum absolute atomic E-state index is 5.56. The average molecular weight is 248 g/mol. The predicted molar refractivity (Wildman–Crippen MR) is 70.8 cm³/mol. The fourth-order valence-corrected chi connectivity index (χ4v) is 1.87. The Morgan fingerprint density at radius 3 is 2.83 bits per heavy atom. The molecule has 2 rings (SSSR count). The highest BCUT2D eigenvalue weighted by Gasteiger charge is 2.04. The first-order valence-electron chi connectivity index (χ1n) is 6.09. The van der Waals surface area contributed by atoms with Crippen molar-refractivity contribution in [1.29, 1.82) is 0 Å². The molecule has 0 aromatic carbocycles. The Morgan fingerprint density at radius 1 is 1.39 bits per heavy atom. The SMILES string of the molecule is CN(CCCn1ccc(N)n1)Cc1nccn1C. The van der Waals surface area contributed by atoms with Gasteiger partial charge in [-0.05, 0) is 19.5 Å². The zero-order chi connectivity index (χ0) is 13.0. The van der Waals surface area contributed by atoms with E-state index in [9.17, 15) is 0 Å². The smallest absolute Gasteiger partial charge is 0.145 e. The Morgan fingerprint density at radius 2 is 2.22 bits per heavy atom. The number of nitrogens with zero attached hydrogens (tertiary/aromatic N) is 5. The fourth-order valence-electron chi connectivity index (χ4n) is 1.87. The molecule has 0 saturated heterocycles. The number of aryl methyl sites for hydroxylation is 2. The summed E-state index contributed by atoms with van der Waals surface area (Å²) >= 11 is 0. The van der Waals surface area contributed by atoms with E-state index in [1.165, 1.54) is 0 Å². The van der Waals surface area contributed by atoms with Gasteiger partial charge >= 0.3 is 0 Å². The van der Waals surface area contributed by atoms with E-state index in [1.54, 1.807) is 0 Å². The highest BCUT2D eigenvalue weighted by molar-refractivity contribution is 5.23. The van der Waals surface area contributed by atoms with Crippen LogP contribution in [0.5, 0.6) is 0 Å². The van der Waals surface area contributed by atoms with Gasteiger partial charge in [-0.2, -0.15) is 5.10 Å². The molecule has 2 heterocycles. The Kier molecular flexibility index (Phi) is 3.99. The zero-order valence-corrected chi connectivity index (χ0v) is 11.0. The van der Waals surface area contributed by atoms with Gasteiger partial charge in [-0.3, -0.25) is 9.58 Å². The van der Waals surface area contributed by atoms with Crippen molar-refractivity contribution in [3.8, 4) is 0 Å². The number of nitrogen functional groups attached to an aromatic ring is 1. The molecule has 0 radical (unpaired) electrons. The van der Waals surface area contributed by atoms with E-state index in [-0.39, 0.29) is 0 Å². The molecule has 2 N–H and O–H groups in total.